The van der Waals surface area contributed by atoms with Crippen LogP contribution < -0.4 is 5.32 Å². The van der Waals surface area contributed by atoms with Gasteiger partial charge >= 0.3 is 0 Å². The third-order valence-corrected chi connectivity index (χ3v) is 5.93. The Bertz CT molecular complexity index is 837. The second-order valence-corrected chi connectivity index (χ2v) is 8.52. The van der Waals surface area contributed by atoms with E-state index < -0.39 is 5.92 Å². The van der Waals surface area contributed by atoms with E-state index in [1.54, 1.807) is 11.6 Å². The molecule has 0 aliphatic rings. The van der Waals surface area contributed by atoms with Crippen LogP contribution in [0.3, 0.4) is 0 Å². The van der Waals surface area contributed by atoms with Crippen LogP contribution >= 0.6 is 38.6 Å². The number of hydrogen-bond donors (Lipinski definition) is 1. The Kier molecular flexibility index (Phi) is 5.37. The highest BCUT2D eigenvalue weighted by Crippen LogP contribution is 2.38. The fourth-order valence-electron chi connectivity index (χ4n) is 2.49. The molecule has 2 heterocycles. The average Bonchev–Trinajstić information content (AvgIpc) is 3.19. The van der Waals surface area contributed by atoms with Gasteiger partial charge in [-0.15, -0.1) is 21.5 Å². The van der Waals surface area contributed by atoms with Crippen LogP contribution in [0.5, 0.6) is 0 Å². The van der Waals surface area contributed by atoms with Crippen molar-refractivity contribution in [2.75, 3.05) is 5.32 Å². The maximum Gasteiger partial charge on any atom is 0.230 e. The lowest BCUT2D eigenvalue weighted by Gasteiger charge is -2.22. The normalized spacial score (nSPS) is 13.5. The van der Waals surface area contributed by atoms with Crippen LogP contribution in [-0.2, 0) is 4.79 Å². The molecule has 1 N–H and O–H groups in total. The molecule has 124 valence electrons. The van der Waals surface area contributed by atoms with Gasteiger partial charge in [0.15, 0.2) is 0 Å². The molecule has 0 spiro atoms. The molecule has 0 saturated carbocycles. The first-order valence-electron chi connectivity index (χ1n) is 7.12. The maximum atomic E-state index is 13.7. The topological polar surface area (TPSA) is 54.9 Å². The largest absolute Gasteiger partial charge is 0.300 e. The number of benzene rings is 1. The van der Waals surface area contributed by atoms with Gasteiger partial charge in [0.05, 0.1) is 3.79 Å². The van der Waals surface area contributed by atoms with Crippen molar-refractivity contribution in [3.8, 4) is 0 Å². The summed E-state index contributed by atoms with van der Waals surface area (Å²) in [6.07, 6.45) is 0. The molecule has 0 saturated heterocycles. The number of thiophene rings is 1. The number of anilines is 1. The fourth-order valence-corrected chi connectivity index (χ4v) is 4.60. The third kappa shape index (κ3) is 3.88. The highest BCUT2D eigenvalue weighted by atomic mass is 79.9. The summed E-state index contributed by atoms with van der Waals surface area (Å²) in [5.74, 6) is -1.14. The van der Waals surface area contributed by atoms with E-state index in [4.69, 9.17) is 0 Å². The minimum atomic E-state index is -0.402. The van der Waals surface area contributed by atoms with Gasteiger partial charge in [-0.05, 0) is 45.8 Å². The van der Waals surface area contributed by atoms with E-state index in [1.165, 1.54) is 34.8 Å². The minimum Gasteiger partial charge on any atom is -0.300 e. The number of aromatic nitrogens is 2. The smallest absolute Gasteiger partial charge is 0.230 e. The fraction of sp³-hybridized carbons (Fsp3) is 0.188. The molecule has 3 aromatic rings. The van der Waals surface area contributed by atoms with Crippen molar-refractivity contribution < 1.29 is 9.18 Å². The zero-order chi connectivity index (χ0) is 17.1. The molecule has 0 aliphatic carbocycles. The summed E-state index contributed by atoms with van der Waals surface area (Å²) < 4.78 is 14.7. The van der Waals surface area contributed by atoms with Gasteiger partial charge in [-0.25, -0.2) is 4.39 Å². The molecule has 0 unspecified atom stereocenters. The Morgan fingerprint density at radius 2 is 2.17 bits per heavy atom. The van der Waals surface area contributed by atoms with Gasteiger partial charge in [0.25, 0.3) is 0 Å². The molecular formula is C16H13BrFN3OS2. The predicted octanol–water partition coefficient (Wildman–Crippen LogP) is 4.91. The lowest BCUT2D eigenvalue weighted by atomic mass is 9.85. The highest BCUT2D eigenvalue weighted by molar-refractivity contribution is 9.11. The Balaban J connectivity index is 1.93. The molecular weight excluding hydrogens is 413 g/mol. The van der Waals surface area contributed by atoms with Crippen LogP contribution in [0.15, 0.2) is 45.7 Å². The molecule has 2 atom stereocenters. The molecule has 1 amide bonds. The van der Waals surface area contributed by atoms with Crippen molar-refractivity contribution in [2.45, 2.75) is 12.8 Å². The molecule has 0 fully saturated rings. The van der Waals surface area contributed by atoms with Gasteiger partial charge in [-0.3, -0.25) is 4.79 Å². The molecule has 1 aromatic carbocycles. The summed E-state index contributed by atoms with van der Waals surface area (Å²) in [6, 6.07) is 10.3. The molecule has 24 heavy (non-hydrogen) atoms. The lowest BCUT2D eigenvalue weighted by molar-refractivity contribution is -0.119. The number of hydrogen-bond acceptors (Lipinski definition) is 5. The van der Waals surface area contributed by atoms with E-state index in [2.05, 4.69) is 31.4 Å². The number of halogens is 2. The van der Waals surface area contributed by atoms with Crippen LogP contribution in [0, 0.1) is 11.7 Å². The van der Waals surface area contributed by atoms with E-state index in [9.17, 15) is 9.18 Å². The summed E-state index contributed by atoms with van der Waals surface area (Å²) in [4.78, 5) is 13.6. The number of amides is 1. The van der Waals surface area contributed by atoms with Crippen molar-refractivity contribution in [3.05, 3.63) is 62.0 Å². The van der Waals surface area contributed by atoms with Gasteiger partial charge < -0.3 is 5.32 Å². The van der Waals surface area contributed by atoms with Crippen molar-refractivity contribution in [1.29, 1.82) is 0 Å². The van der Waals surface area contributed by atoms with Crippen molar-refractivity contribution in [3.63, 3.8) is 0 Å². The van der Waals surface area contributed by atoms with Crippen LogP contribution in [0.25, 0.3) is 0 Å². The lowest BCUT2D eigenvalue weighted by Crippen LogP contribution is -2.26. The standard InChI is InChI=1S/C16H13BrFN3OS2/c1-9(15(22)20-16-21-19-8-23-16)14(12-5-6-13(17)24-12)10-3-2-4-11(18)7-10/h2-9,14H,1H3,(H,20,21,22)/t9-,14+/m0/s1. The van der Waals surface area contributed by atoms with Gasteiger partial charge in [-0.1, -0.05) is 30.4 Å². The summed E-state index contributed by atoms with van der Waals surface area (Å²) >= 11 is 6.25. The minimum absolute atomic E-state index is 0.175. The summed E-state index contributed by atoms with van der Waals surface area (Å²) in [5, 5.41) is 10.8. The molecule has 0 aliphatic heterocycles. The van der Waals surface area contributed by atoms with Crippen LogP contribution in [0.1, 0.15) is 23.3 Å². The second kappa shape index (κ2) is 7.50. The van der Waals surface area contributed by atoms with E-state index in [1.807, 2.05) is 25.1 Å². The van der Waals surface area contributed by atoms with Crippen molar-refractivity contribution in [2.24, 2.45) is 5.92 Å². The van der Waals surface area contributed by atoms with Crippen LogP contribution in [0.4, 0.5) is 9.52 Å². The van der Waals surface area contributed by atoms with Gasteiger partial charge in [0, 0.05) is 16.7 Å². The van der Waals surface area contributed by atoms with E-state index in [0.29, 0.717) is 5.13 Å². The molecule has 4 nitrogen and oxygen atoms in total. The number of nitrogens with zero attached hydrogens (tertiary/aromatic N) is 2. The molecule has 0 bridgehead atoms. The Hall–Kier alpha value is -1.64. The number of carbonyl (C=O) groups excluding carboxylic acids is 1. The van der Waals surface area contributed by atoms with Gasteiger partial charge in [-0.2, -0.15) is 0 Å². The Labute approximate surface area is 154 Å². The van der Waals surface area contributed by atoms with E-state index in [-0.39, 0.29) is 17.6 Å². The summed E-state index contributed by atoms with van der Waals surface area (Å²) in [6.45, 7) is 1.83. The van der Waals surface area contributed by atoms with E-state index in [0.717, 1.165) is 14.2 Å². The quantitative estimate of drug-likeness (QED) is 0.631. The molecule has 2 aromatic heterocycles. The van der Waals surface area contributed by atoms with Gasteiger partial charge in [0.1, 0.15) is 11.3 Å². The number of carbonyl (C=O) groups is 1. The first-order chi connectivity index (χ1) is 11.5. The monoisotopic (exact) mass is 425 g/mol. The predicted molar refractivity (Wildman–Crippen MR) is 98.0 cm³/mol. The first-order valence-corrected chi connectivity index (χ1v) is 9.61. The average molecular weight is 426 g/mol. The van der Waals surface area contributed by atoms with Crippen molar-refractivity contribution >= 4 is 49.6 Å². The number of nitrogens with one attached hydrogen (secondary N) is 1. The Morgan fingerprint density at radius 1 is 1.33 bits per heavy atom. The molecule has 3 rings (SSSR count). The zero-order valence-electron chi connectivity index (χ0n) is 12.6. The second-order valence-electron chi connectivity index (χ2n) is 5.20. The maximum absolute atomic E-state index is 13.7. The SMILES string of the molecule is C[C@H](C(=O)Nc1nncs1)[C@H](c1cccc(F)c1)c1ccc(Br)s1. The number of rotatable bonds is 5. The third-order valence-electron chi connectivity index (χ3n) is 3.61. The zero-order valence-corrected chi connectivity index (χ0v) is 15.8. The van der Waals surface area contributed by atoms with Crippen LogP contribution in [0.2, 0.25) is 0 Å². The van der Waals surface area contributed by atoms with Gasteiger partial charge in [0.2, 0.25) is 11.0 Å². The Morgan fingerprint density at radius 3 is 2.79 bits per heavy atom. The molecule has 8 heteroatoms. The first kappa shape index (κ1) is 17.2. The molecule has 0 radical (unpaired) electrons. The highest BCUT2D eigenvalue weighted by Gasteiger charge is 2.29. The van der Waals surface area contributed by atoms with Crippen molar-refractivity contribution in [1.82, 2.24) is 10.2 Å². The van der Waals surface area contributed by atoms with E-state index >= 15 is 0 Å². The van der Waals surface area contributed by atoms with Crippen LogP contribution in [-0.4, -0.2) is 16.1 Å². The summed E-state index contributed by atoms with van der Waals surface area (Å²) in [7, 11) is 0. The summed E-state index contributed by atoms with van der Waals surface area (Å²) in [5.41, 5.74) is 2.32.